The van der Waals surface area contributed by atoms with E-state index in [4.69, 9.17) is 27.9 Å². The first-order valence-corrected chi connectivity index (χ1v) is 15.7. The van der Waals surface area contributed by atoms with E-state index in [-0.39, 0.29) is 23.3 Å². The van der Waals surface area contributed by atoms with Crippen LogP contribution in [0, 0.1) is 0 Å². The maximum atomic E-state index is 14.2. The fraction of sp³-hybridized carbons (Fsp3) is 0.370. The third kappa shape index (κ3) is 5.54. The summed E-state index contributed by atoms with van der Waals surface area (Å²) >= 11 is 15.9. The molecule has 0 radical (unpaired) electrons. The van der Waals surface area contributed by atoms with Crippen molar-refractivity contribution in [1.82, 2.24) is 14.3 Å². The summed E-state index contributed by atoms with van der Waals surface area (Å²) in [5.74, 6) is -0.725. The Labute approximate surface area is 251 Å². The summed E-state index contributed by atoms with van der Waals surface area (Å²) in [4.78, 5) is 31.6. The van der Waals surface area contributed by atoms with Crippen LogP contribution in [0.3, 0.4) is 0 Å². The van der Waals surface area contributed by atoms with Crippen LogP contribution in [0.2, 0.25) is 10.0 Å². The summed E-state index contributed by atoms with van der Waals surface area (Å²) in [6, 6.07) is 11.6. The molecule has 1 aromatic heterocycles. The lowest BCUT2D eigenvalue weighted by molar-refractivity contribution is -0.148. The molecule has 13 heteroatoms. The number of nitrogens with one attached hydrogen (secondary N) is 1. The summed E-state index contributed by atoms with van der Waals surface area (Å²) < 4.78 is 38.3. The zero-order chi connectivity index (χ0) is 28.8. The van der Waals surface area contributed by atoms with Gasteiger partial charge in [0.25, 0.3) is 15.9 Å². The summed E-state index contributed by atoms with van der Waals surface area (Å²) in [6.45, 7) is 3.00. The lowest BCUT2D eigenvalue weighted by atomic mass is 9.92. The molecule has 2 heterocycles. The van der Waals surface area contributed by atoms with E-state index in [1.165, 1.54) is 22.6 Å². The predicted molar refractivity (Wildman–Crippen MR) is 155 cm³/mol. The van der Waals surface area contributed by atoms with E-state index in [0.717, 1.165) is 22.9 Å². The van der Waals surface area contributed by atoms with E-state index in [0.29, 0.717) is 28.6 Å². The summed E-state index contributed by atoms with van der Waals surface area (Å²) in [6.07, 6.45) is 3.54. The number of esters is 1. The highest BCUT2D eigenvalue weighted by molar-refractivity contribution is 9.10. The number of benzene rings is 2. The number of rotatable bonds is 7. The molecule has 0 saturated heterocycles. The maximum Gasteiger partial charge on any atom is 0.302 e. The lowest BCUT2D eigenvalue weighted by Crippen LogP contribution is -2.48. The van der Waals surface area contributed by atoms with Crippen LogP contribution in [0.15, 0.2) is 58.2 Å². The molecule has 1 aliphatic heterocycles. The molecular weight excluding hydrogens is 643 g/mol. The van der Waals surface area contributed by atoms with E-state index < -0.39 is 33.7 Å². The van der Waals surface area contributed by atoms with Gasteiger partial charge in [-0.15, -0.1) is 0 Å². The lowest BCUT2D eigenvalue weighted by Gasteiger charge is -2.32. The molecule has 3 unspecified atom stereocenters. The third-order valence-electron chi connectivity index (χ3n) is 7.24. The largest absolute Gasteiger partial charge is 0.461 e. The van der Waals surface area contributed by atoms with Gasteiger partial charge in [0.1, 0.15) is 11.6 Å². The molecule has 1 N–H and O–H groups in total. The highest BCUT2D eigenvalue weighted by atomic mass is 79.9. The predicted octanol–water partition coefficient (Wildman–Crippen LogP) is 5.74. The molecule has 40 heavy (non-hydrogen) atoms. The molecule has 1 saturated carbocycles. The van der Waals surface area contributed by atoms with Crippen molar-refractivity contribution < 1.29 is 22.7 Å². The van der Waals surface area contributed by atoms with Crippen molar-refractivity contribution in [3.63, 3.8) is 0 Å². The van der Waals surface area contributed by atoms with Crippen LogP contribution >= 0.6 is 39.1 Å². The van der Waals surface area contributed by atoms with Gasteiger partial charge in [-0.3, -0.25) is 14.2 Å². The number of ether oxygens (including phenoxy) is 1. The smallest absolute Gasteiger partial charge is 0.302 e. The molecule has 1 amide bonds. The number of halogens is 3. The first-order chi connectivity index (χ1) is 18.9. The number of nitrogens with zero attached hydrogens (tertiary/aromatic N) is 3. The van der Waals surface area contributed by atoms with Crippen LogP contribution in [0.5, 0.6) is 0 Å². The quantitative estimate of drug-likeness (QED) is 0.321. The Hall–Kier alpha value is -2.44. The highest BCUT2D eigenvalue weighted by Crippen LogP contribution is 2.44. The van der Waals surface area contributed by atoms with E-state index in [1.54, 1.807) is 25.1 Å². The number of fused-ring (bicyclic) bond motifs is 1. The van der Waals surface area contributed by atoms with Crippen molar-refractivity contribution in [1.29, 1.82) is 0 Å². The number of imidazole rings is 1. The van der Waals surface area contributed by atoms with E-state index in [1.807, 2.05) is 24.3 Å². The van der Waals surface area contributed by atoms with Crippen molar-refractivity contribution in [2.24, 2.45) is 0 Å². The van der Waals surface area contributed by atoms with Crippen LogP contribution < -0.4 is 9.62 Å². The van der Waals surface area contributed by atoms with Crippen molar-refractivity contribution in [2.45, 2.75) is 68.7 Å². The zero-order valence-electron chi connectivity index (χ0n) is 21.7. The van der Waals surface area contributed by atoms with Crippen molar-refractivity contribution in [3.05, 3.63) is 68.7 Å². The van der Waals surface area contributed by atoms with E-state index in [9.17, 15) is 18.0 Å². The van der Waals surface area contributed by atoms with Crippen molar-refractivity contribution in [2.75, 3.05) is 4.90 Å². The molecule has 212 valence electrons. The molecule has 0 spiro atoms. The van der Waals surface area contributed by atoms with Gasteiger partial charge in [0, 0.05) is 27.9 Å². The number of carbonyl (C=O) groups excluding carboxylic acids is 2. The molecule has 5 rings (SSSR count). The second-order valence-electron chi connectivity index (χ2n) is 10.2. The first-order valence-electron chi connectivity index (χ1n) is 12.7. The average molecular weight is 670 g/mol. The Morgan fingerprint density at radius 3 is 2.45 bits per heavy atom. The Kier molecular flexibility index (Phi) is 8.06. The van der Waals surface area contributed by atoms with Crippen LogP contribution in [0.25, 0.3) is 0 Å². The zero-order valence-corrected chi connectivity index (χ0v) is 25.6. The topological polar surface area (TPSA) is 111 Å². The van der Waals surface area contributed by atoms with E-state index >= 15 is 0 Å². The van der Waals surface area contributed by atoms with Crippen LogP contribution in [0.1, 0.15) is 45.1 Å². The minimum Gasteiger partial charge on any atom is -0.461 e. The number of carbonyl (C=O) groups is 2. The second kappa shape index (κ2) is 11.1. The SMILES string of the molecule is CC(=O)OC1CCCCC1NS(=O)(=O)c1cnc2n1C(C)(Cc1ccc(Br)cc1)C(=O)N2c1cc(Cl)cc(Cl)c1. The molecule has 0 bridgehead atoms. The third-order valence-corrected chi connectivity index (χ3v) is 9.65. The van der Waals surface area contributed by atoms with Gasteiger partial charge in [0.05, 0.1) is 17.9 Å². The number of amides is 1. The van der Waals surface area contributed by atoms with Crippen molar-refractivity contribution in [3.8, 4) is 0 Å². The normalized spacial score (nSPS) is 22.8. The van der Waals surface area contributed by atoms with Crippen LogP contribution in [-0.4, -0.2) is 42.0 Å². The van der Waals surface area contributed by atoms with Gasteiger partial charge in [0.15, 0.2) is 5.03 Å². The molecule has 3 aromatic rings. The van der Waals surface area contributed by atoms with Gasteiger partial charge in [-0.2, -0.15) is 0 Å². The van der Waals surface area contributed by atoms with Gasteiger partial charge in [-0.05, 0) is 62.1 Å². The van der Waals surface area contributed by atoms with Gasteiger partial charge >= 0.3 is 5.97 Å². The Morgan fingerprint density at radius 1 is 1.15 bits per heavy atom. The molecule has 1 fully saturated rings. The van der Waals surface area contributed by atoms with Gasteiger partial charge in [-0.25, -0.2) is 23.0 Å². The molecule has 3 atom stereocenters. The molecule has 2 aliphatic rings. The summed E-state index contributed by atoms with van der Waals surface area (Å²) in [5, 5.41) is 0.467. The molecule has 2 aromatic carbocycles. The highest BCUT2D eigenvalue weighted by Gasteiger charge is 2.52. The number of hydrogen-bond acceptors (Lipinski definition) is 6. The summed E-state index contributed by atoms with van der Waals surface area (Å²) in [5.41, 5.74) is -0.170. The molecular formula is C27H27BrCl2N4O5S. The Bertz CT molecular complexity index is 1560. The van der Waals surface area contributed by atoms with Gasteiger partial charge in [-0.1, -0.05) is 57.7 Å². The monoisotopic (exact) mass is 668 g/mol. The minimum atomic E-state index is -4.21. The fourth-order valence-corrected chi connectivity index (χ4v) is 7.75. The number of anilines is 2. The fourth-order valence-electron chi connectivity index (χ4n) is 5.47. The van der Waals surface area contributed by atoms with Crippen molar-refractivity contribution >= 4 is 72.7 Å². The second-order valence-corrected chi connectivity index (χ2v) is 13.7. The number of sulfonamides is 1. The first kappa shape index (κ1) is 29.1. The molecule has 1 aliphatic carbocycles. The van der Waals surface area contributed by atoms with Crippen LogP contribution in [0.4, 0.5) is 11.6 Å². The van der Waals surface area contributed by atoms with Gasteiger partial charge in [0.2, 0.25) is 5.95 Å². The minimum absolute atomic E-state index is 0.128. The van der Waals surface area contributed by atoms with Gasteiger partial charge < -0.3 is 4.74 Å². The standard InChI is InChI=1S/C27H27BrCl2N4O5S/c1-16(35)39-23-6-4-3-5-22(23)32-40(37,38)24-15-31-26-33(21-12-19(29)11-20(30)13-21)25(36)27(2,34(24)26)14-17-7-9-18(28)10-8-17/h7-13,15,22-23,32H,3-6,14H2,1-2H3. The number of aromatic nitrogens is 2. The Balaban J connectivity index is 1.60. The van der Waals surface area contributed by atoms with E-state index in [2.05, 4.69) is 25.6 Å². The number of hydrogen-bond donors (Lipinski definition) is 1. The summed E-state index contributed by atoms with van der Waals surface area (Å²) in [7, 11) is -4.21. The van der Waals surface area contributed by atoms with Crippen LogP contribution in [-0.2, 0) is 36.3 Å². The average Bonchev–Trinajstić information content (AvgIpc) is 3.39. The molecule has 9 nitrogen and oxygen atoms in total. The maximum absolute atomic E-state index is 14.2. The Morgan fingerprint density at radius 2 is 1.80 bits per heavy atom.